The first-order valence-electron chi connectivity index (χ1n) is 3.80. The van der Waals surface area contributed by atoms with E-state index >= 15 is 0 Å². The van der Waals surface area contributed by atoms with Crippen LogP contribution in [0.5, 0.6) is 0 Å². The Balaban J connectivity index is 2.41. The van der Waals surface area contributed by atoms with Crippen LogP contribution in [0.2, 0.25) is 0 Å². The van der Waals surface area contributed by atoms with Crippen LogP contribution in [-0.2, 0) is 14.2 Å². The number of methoxy groups -OCH3 is 1. The summed E-state index contributed by atoms with van der Waals surface area (Å²) in [5, 5.41) is 18.2. The summed E-state index contributed by atoms with van der Waals surface area (Å²) >= 11 is 0. The minimum atomic E-state index is -0.816. The number of ether oxygens (including phenoxy) is 3. The number of hydrogen-bond donors (Lipinski definition) is 2. The molecule has 1 heterocycles. The van der Waals surface area contributed by atoms with Gasteiger partial charge < -0.3 is 24.4 Å². The number of aliphatic hydroxyl groups excluding tert-OH is 2. The lowest BCUT2D eigenvalue weighted by Gasteiger charge is -2.33. The molecule has 3 atom stereocenters. The van der Waals surface area contributed by atoms with Crippen LogP contribution in [0.4, 0.5) is 0 Å². The van der Waals surface area contributed by atoms with Gasteiger partial charge in [-0.05, 0) is 0 Å². The van der Waals surface area contributed by atoms with Gasteiger partial charge in [0.2, 0.25) is 0 Å². The third kappa shape index (κ3) is 2.15. The van der Waals surface area contributed by atoms with Gasteiger partial charge in [-0.25, -0.2) is 0 Å². The molecule has 0 aliphatic carbocycles. The highest BCUT2D eigenvalue weighted by Gasteiger charge is 2.32. The van der Waals surface area contributed by atoms with E-state index in [1.54, 1.807) is 0 Å². The fourth-order valence-electron chi connectivity index (χ4n) is 1.12. The van der Waals surface area contributed by atoms with E-state index < -0.39 is 18.3 Å². The first kappa shape index (κ1) is 9.88. The molecule has 0 radical (unpaired) electrons. The molecule has 1 saturated heterocycles. The van der Waals surface area contributed by atoms with Gasteiger partial charge in [-0.2, -0.15) is 0 Å². The van der Waals surface area contributed by atoms with Crippen molar-refractivity contribution in [2.45, 2.75) is 18.3 Å². The summed E-state index contributed by atoms with van der Waals surface area (Å²) in [5.41, 5.74) is 0. The molecule has 72 valence electrons. The molecule has 1 fully saturated rings. The predicted molar refractivity (Wildman–Crippen MR) is 39.6 cm³/mol. The minimum Gasteiger partial charge on any atom is -0.394 e. The molecule has 0 bridgehead atoms. The molecule has 5 nitrogen and oxygen atoms in total. The van der Waals surface area contributed by atoms with E-state index in [0.29, 0.717) is 6.61 Å². The number of hydrogen-bond acceptors (Lipinski definition) is 5. The Bertz CT molecular complexity index is 127. The Hall–Kier alpha value is -0.200. The van der Waals surface area contributed by atoms with Gasteiger partial charge in [0, 0.05) is 7.11 Å². The number of rotatable bonds is 3. The molecule has 0 saturated carbocycles. The average Bonchev–Trinajstić information content (AvgIpc) is 2.09. The summed E-state index contributed by atoms with van der Waals surface area (Å²) in [4.78, 5) is 0. The van der Waals surface area contributed by atoms with Crippen molar-refractivity contribution in [2.24, 2.45) is 0 Å². The maximum Gasteiger partial charge on any atom is 0.147 e. The minimum absolute atomic E-state index is 0.0936. The van der Waals surface area contributed by atoms with Crippen LogP contribution in [-0.4, -0.2) is 55.6 Å². The van der Waals surface area contributed by atoms with Crippen LogP contribution in [0.25, 0.3) is 0 Å². The molecule has 2 N–H and O–H groups in total. The highest BCUT2D eigenvalue weighted by molar-refractivity contribution is 4.79. The molecule has 1 rings (SSSR count). The predicted octanol–water partition coefficient (Wildman–Crippen LogP) is -1.27. The lowest BCUT2D eigenvalue weighted by molar-refractivity contribution is -0.245. The van der Waals surface area contributed by atoms with E-state index in [4.69, 9.17) is 19.3 Å². The van der Waals surface area contributed by atoms with Gasteiger partial charge in [0.05, 0.1) is 13.2 Å². The van der Waals surface area contributed by atoms with Gasteiger partial charge in [0.15, 0.2) is 0 Å². The fourth-order valence-corrected chi connectivity index (χ4v) is 1.12. The summed E-state index contributed by atoms with van der Waals surface area (Å²) in [6, 6.07) is 0. The molecule has 0 aromatic heterocycles. The van der Waals surface area contributed by atoms with Gasteiger partial charge in [-0.1, -0.05) is 0 Å². The molecule has 0 unspecified atom stereocenters. The molecule has 5 heteroatoms. The second-order valence-corrected chi connectivity index (χ2v) is 2.66. The molecule has 12 heavy (non-hydrogen) atoms. The molecule has 0 spiro atoms. The van der Waals surface area contributed by atoms with E-state index in [1.165, 1.54) is 7.11 Å². The summed E-state index contributed by atoms with van der Waals surface area (Å²) in [6.45, 7) is 0.197. The zero-order chi connectivity index (χ0) is 8.97. The Morgan fingerprint density at radius 1 is 1.42 bits per heavy atom. The van der Waals surface area contributed by atoms with Crippen LogP contribution < -0.4 is 0 Å². The van der Waals surface area contributed by atoms with E-state index in [2.05, 4.69) is 0 Å². The third-order valence-electron chi connectivity index (χ3n) is 1.84. The van der Waals surface area contributed by atoms with Crippen LogP contribution in [0.15, 0.2) is 0 Å². The summed E-state index contributed by atoms with van der Waals surface area (Å²) in [6.07, 6.45) is -1.77. The van der Waals surface area contributed by atoms with Gasteiger partial charge >= 0.3 is 0 Å². The van der Waals surface area contributed by atoms with Crippen molar-refractivity contribution in [1.29, 1.82) is 0 Å². The molecule has 0 amide bonds. The van der Waals surface area contributed by atoms with Gasteiger partial charge in [-0.15, -0.1) is 0 Å². The van der Waals surface area contributed by atoms with Crippen molar-refractivity contribution in [3.05, 3.63) is 0 Å². The Labute approximate surface area is 70.9 Å². The smallest absolute Gasteiger partial charge is 0.147 e. The van der Waals surface area contributed by atoms with Crippen molar-refractivity contribution in [3.8, 4) is 0 Å². The van der Waals surface area contributed by atoms with Gasteiger partial charge in [-0.3, -0.25) is 0 Å². The van der Waals surface area contributed by atoms with Crippen molar-refractivity contribution >= 4 is 0 Å². The fraction of sp³-hybridized carbons (Fsp3) is 1.00. The standard InChI is InChI=1S/C7H14O5/c1-10-3-6-7(9)5(2-8)11-4-12-6/h5-9H,2-4H2,1H3/t5-,6+,7+/m0/s1. The maximum absolute atomic E-state index is 9.47. The Kier molecular flexibility index (Phi) is 3.90. The molecule has 0 aromatic carbocycles. The van der Waals surface area contributed by atoms with Crippen molar-refractivity contribution in [1.82, 2.24) is 0 Å². The lowest BCUT2D eigenvalue weighted by atomic mass is 10.1. The monoisotopic (exact) mass is 178 g/mol. The Morgan fingerprint density at radius 2 is 2.08 bits per heavy atom. The third-order valence-corrected chi connectivity index (χ3v) is 1.84. The lowest BCUT2D eigenvalue weighted by Crippen LogP contribution is -2.49. The quantitative estimate of drug-likeness (QED) is 0.564. The molecule has 1 aliphatic heterocycles. The van der Waals surface area contributed by atoms with Crippen molar-refractivity contribution in [2.75, 3.05) is 27.1 Å². The van der Waals surface area contributed by atoms with Crippen LogP contribution >= 0.6 is 0 Å². The molecular weight excluding hydrogens is 164 g/mol. The molecule has 0 aromatic rings. The zero-order valence-electron chi connectivity index (χ0n) is 6.97. The Morgan fingerprint density at radius 3 is 2.67 bits per heavy atom. The summed E-state index contributed by atoms with van der Waals surface area (Å²) in [7, 11) is 1.53. The molecule has 1 aliphatic rings. The number of aliphatic hydroxyl groups is 2. The normalized spacial score (nSPS) is 36.8. The largest absolute Gasteiger partial charge is 0.394 e. The molecular formula is C7H14O5. The highest BCUT2D eigenvalue weighted by atomic mass is 16.7. The van der Waals surface area contributed by atoms with E-state index in [9.17, 15) is 5.11 Å². The zero-order valence-corrected chi connectivity index (χ0v) is 6.97. The average molecular weight is 178 g/mol. The topological polar surface area (TPSA) is 68.2 Å². The SMILES string of the molecule is COC[C@H]1OCO[C@@H](CO)[C@H]1O. The van der Waals surface area contributed by atoms with E-state index in [0.717, 1.165) is 0 Å². The summed E-state index contributed by atoms with van der Waals surface area (Å²) in [5.74, 6) is 0. The first-order valence-corrected chi connectivity index (χ1v) is 3.80. The second kappa shape index (κ2) is 4.74. The van der Waals surface area contributed by atoms with Crippen LogP contribution in [0.1, 0.15) is 0 Å². The highest BCUT2D eigenvalue weighted by Crippen LogP contribution is 2.13. The van der Waals surface area contributed by atoms with Crippen molar-refractivity contribution < 1.29 is 24.4 Å². The van der Waals surface area contributed by atoms with Crippen LogP contribution in [0.3, 0.4) is 0 Å². The van der Waals surface area contributed by atoms with Crippen molar-refractivity contribution in [3.63, 3.8) is 0 Å². The maximum atomic E-state index is 9.47. The van der Waals surface area contributed by atoms with Crippen LogP contribution in [0, 0.1) is 0 Å². The van der Waals surface area contributed by atoms with Gasteiger partial charge in [0.1, 0.15) is 25.1 Å². The van der Waals surface area contributed by atoms with Gasteiger partial charge in [0.25, 0.3) is 0 Å². The first-order chi connectivity index (χ1) is 5.79. The van der Waals surface area contributed by atoms with E-state index in [1.807, 2.05) is 0 Å². The second-order valence-electron chi connectivity index (χ2n) is 2.66. The van der Waals surface area contributed by atoms with E-state index in [-0.39, 0.29) is 13.4 Å². The summed E-state index contributed by atoms with van der Waals surface area (Å²) < 4.78 is 14.8.